The van der Waals surface area contributed by atoms with E-state index >= 15 is 0 Å². The largest absolute Gasteiger partial charge is 0.381 e. The molecule has 0 aromatic heterocycles. The number of nitrogens with one attached hydrogen (secondary N) is 1. The molecule has 0 saturated carbocycles. The molecular formula is C13H9BrClFN2O2. The molecule has 2 rings (SSSR count). The topological polar surface area (TPSA) is 55.2 Å². The fraction of sp³-hybridized carbons (Fsp3) is 0.0769. The lowest BCUT2D eigenvalue weighted by atomic mass is 10.1. The summed E-state index contributed by atoms with van der Waals surface area (Å²) in [5.41, 5.74) is 0.882. The third-order valence-electron chi connectivity index (χ3n) is 2.64. The van der Waals surface area contributed by atoms with Crippen LogP contribution in [0.5, 0.6) is 0 Å². The molecule has 0 spiro atoms. The molecule has 20 heavy (non-hydrogen) atoms. The van der Waals surface area contributed by atoms with Gasteiger partial charge < -0.3 is 5.32 Å². The van der Waals surface area contributed by atoms with Crippen LogP contribution in [0.4, 0.5) is 15.8 Å². The molecule has 2 aromatic rings. The Balaban J connectivity index is 2.20. The zero-order valence-corrected chi connectivity index (χ0v) is 12.4. The lowest BCUT2D eigenvalue weighted by molar-refractivity contribution is -0.385. The lowest BCUT2D eigenvalue weighted by Crippen LogP contribution is -2.03. The van der Waals surface area contributed by atoms with E-state index in [1.807, 2.05) is 0 Å². The Morgan fingerprint density at radius 3 is 2.70 bits per heavy atom. The third-order valence-corrected chi connectivity index (χ3v) is 3.85. The van der Waals surface area contributed by atoms with Gasteiger partial charge in [-0.25, -0.2) is 4.39 Å². The quantitative estimate of drug-likeness (QED) is 0.632. The molecule has 0 bridgehead atoms. The molecule has 0 radical (unpaired) electrons. The highest BCUT2D eigenvalue weighted by molar-refractivity contribution is 9.10. The summed E-state index contributed by atoms with van der Waals surface area (Å²) in [5, 5.41) is 14.4. The molecule has 0 aliphatic heterocycles. The molecule has 0 unspecified atom stereocenters. The number of halogens is 3. The van der Waals surface area contributed by atoms with E-state index in [-0.39, 0.29) is 17.8 Å². The molecule has 0 amide bonds. The number of hydrogen-bond donors (Lipinski definition) is 1. The molecule has 0 aliphatic rings. The van der Waals surface area contributed by atoms with Crippen LogP contribution in [-0.4, -0.2) is 4.92 Å². The van der Waals surface area contributed by atoms with Gasteiger partial charge in [0.1, 0.15) is 5.82 Å². The van der Waals surface area contributed by atoms with Gasteiger partial charge in [0, 0.05) is 22.8 Å². The Bertz CT molecular complexity index is 667. The number of nitrogens with zero attached hydrogens (tertiary/aromatic N) is 1. The molecule has 7 heteroatoms. The van der Waals surface area contributed by atoms with Crippen molar-refractivity contribution in [3.63, 3.8) is 0 Å². The van der Waals surface area contributed by atoms with Crippen LogP contribution < -0.4 is 5.32 Å². The van der Waals surface area contributed by atoms with Gasteiger partial charge in [-0.15, -0.1) is 0 Å². The van der Waals surface area contributed by atoms with Crippen LogP contribution in [-0.2, 0) is 6.54 Å². The number of nitro benzene ring substituents is 1. The summed E-state index contributed by atoms with van der Waals surface area (Å²) in [7, 11) is 0. The van der Waals surface area contributed by atoms with Crippen molar-refractivity contribution in [2.45, 2.75) is 6.54 Å². The summed E-state index contributed by atoms with van der Waals surface area (Å²) in [4.78, 5) is 10.3. The Labute approximate surface area is 127 Å². The SMILES string of the molecule is O=[N+]([O-])c1ccc(F)cc1CNc1ccc(Cl)c(Br)c1. The van der Waals surface area contributed by atoms with Crippen molar-refractivity contribution in [3.05, 3.63) is 67.4 Å². The first-order chi connectivity index (χ1) is 9.47. The minimum atomic E-state index is -0.534. The van der Waals surface area contributed by atoms with Gasteiger partial charge >= 0.3 is 0 Å². The van der Waals surface area contributed by atoms with Crippen LogP contribution in [0.25, 0.3) is 0 Å². The Hall–Kier alpha value is -1.66. The van der Waals surface area contributed by atoms with Crippen LogP contribution in [0.1, 0.15) is 5.56 Å². The van der Waals surface area contributed by atoms with E-state index in [2.05, 4.69) is 21.2 Å². The Morgan fingerprint density at radius 1 is 1.30 bits per heavy atom. The number of anilines is 1. The second-order valence-electron chi connectivity index (χ2n) is 4.01. The predicted octanol–water partition coefficient (Wildman–Crippen LogP) is 4.76. The van der Waals surface area contributed by atoms with E-state index in [9.17, 15) is 14.5 Å². The highest BCUT2D eigenvalue weighted by Crippen LogP contribution is 2.26. The van der Waals surface area contributed by atoms with Gasteiger partial charge in [-0.2, -0.15) is 0 Å². The van der Waals surface area contributed by atoms with E-state index in [0.29, 0.717) is 9.50 Å². The standard InChI is InChI=1S/C13H9BrClFN2O2/c14-11-6-10(2-3-12(11)15)17-7-8-5-9(16)1-4-13(8)18(19)20/h1-6,17H,7H2. The summed E-state index contributed by atoms with van der Waals surface area (Å²) in [6.45, 7) is 0.141. The maximum atomic E-state index is 13.2. The summed E-state index contributed by atoms with van der Waals surface area (Å²) in [6.07, 6.45) is 0. The molecule has 0 atom stereocenters. The number of nitro groups is 1. The van der Waals surface area contributed by atoms with E-state index in [1.54, 1.807) is 18.2 Å². The molecule has 1 N–H and O–H groups in total. The molecule has 0 saturated heterocycles. The van der Waals surface area contributed by atoms with Crippen molar-refractivity contribution in [3.8, 4) is 0 Å². The van der Waals surface area contributed by atoms with Gasteiger partial charge in [0.2, 0.25) is 0 Å². The molecule has 2 aromatic carbocycles. The first kappa shape index (κ1) is 14.7. The van der Waals surface area contributed by atoms with Crippen LogP contribution in [0.15, 0.2) is 40.9 Å². The Morgan fingerprint density at radius 2 is 2.05 bits per heavy atom. The van der Waals surface area contributed by atoms with Crippen LogP contribution >= 0.6 is 27.5 Å². The van der Waals surface area contributed by atoms with Crippen LogP contribution in [0, 0.1) is 15.9 Å². The van der Waals surface area contributed by atoms with Gasteiger partial charge in [-0.3, -0.25) is 10.1 Å². The molecule has 104 valence electrons. The summed E-state index contributed by atoms with van der Waals surface area (Å²) >= 11 is 9.15. The average molecular weight is 360 g/mol. The first-order valence-corrected chi connectivity index (χ1v) is 6.76. The number of benzene rings is 2. The average Bonchev–Trinajstić information content (AvgIpc) is 2.40. The fourth-order valence-corrected chi connectivity index (χ4v) is 2.17. The molecule has 4 nitrogen and oxygen atoms in total. The van der Waals surface area contributed by atoms with E-state index in [0.717, 1.165) is 23.9 Å². The fourth-order valence-electron chi connectivity index (χ4n) is 1.68. The number of hydrogen-bond acceptors (Lipinski definition) is 3. The van der Waals surface area contributed by atoms with Crippen LogP contribution in [0.3, 0.4) is 0 Å². The van der Waals surface area contributed by atoms with Gasteiger partial charge in [0.05, 0.1) is 15.5 Å². The summed E-state index contributed by atoms with van der Waals surface area (Å²) in [6, 6.07) is 8.54. The molecule has 0 heterocycles. The van der Waals surface area contributed by atoms with Crippen LogP contribution in [0.2, 0.25) is 5.02 Å². The highest BCUT2D eigenvalue weighted by atomic mass is 79.9. The monoisotopic (exact) mass is 358 g/mol. The molecular weight excluding hydrogens is 351 g/mol. The zero-order chi connectivity index (χ0) is 14.7. The van der Waals surface area contributed by atoms with Crippen molar-refractivity contribution in [1.29, 1.82) is 0 Å². The van der Waals surface area contributed by atoms with Crippen molar-refractivity contribution in [2.75, 3.05) is 5.32 Å². The van der Waals surface area contributed by atoms with Gasteiger partial charge in [-0.1, -0.05) is 11.6 Å². The minimum Gasteiger partial charge on any atom is -0.381 e. The van der Waals surface area contributed by atoms with Gasteiger partial charge in [0.15, 0.2) is 0 Å². The van der Waals surface area contributed by atoms with E-state index < -0.39 is 10.7 Å². The second-order valence-corrected chi connectivity index (χ2v) is 5.27. The smallest absolute Gasteiger partial charge is 0.274 e. The Kier molecular flexibility index (Phi) is 4.57. The number of rotatable bonds is 4. The minimum absolute atomic E-state index is 0.119. The summed E-state index contributed by atoms with van der Waals surface area (Å²) in [5.74, 6) is -0.510. The predicted molar refractivity (Wildman–Crippen MR) is 79.5 cm³/mol. The summed E-state index contributed by atoms with van der Waals surface area (Å²) < 4.78 is 13.9. The van der Waals surface area contributed by atoms with E-state index in [4.69, 9.17) is 11.6 Å². The van der Waals surface area contributed by atoms with E-state index in [1.165, 1.54) is 0 Å². The maximum absolute atomic E-state index is 13.2. The lowest BCUT2D eigenvalue weighted by Gasteiger charge is -2.08. The first-order valence-electron chi connectivity index (χ1n) is 5.59. The van der Waals surface area contributed by atoms with Crippen molar-refractivity contribution >= 4 is 38.9 Å². The van der Waals surface area contributed by atoms with Crippen molar-refractivity contribution in [2.24, 2.45) is 0 Å². The normalized spacial score (nSPS) is 10.3. The molecule has 0 fully saturated rings. The van der Waals surface area contributed by atoms with Crippen molar-refractivity contribution in [1.82, 2.24) is 0 Å². The molecule has 0 aliphatic carbocycles. The second kappa shape index (κ2) is 6.19. The maximum Gasteiger partial charge on any atom is 0.274 e. The van der Waals surface area contributed by atoms with Gasteiger partial charge in [0.25, 0.3) is 5.69 Å². The zero-order valence-electron chi connectivity index (χ0n) is 10.1. The third kappa shape index (κ3) is 3.46. The van der Waals surface area contributed by atoms with Crippen molar-refractivity contribution < 1.29 is 9.31 Å². The highest BCUT2D eigenvalue weighted by Gasteiger charge is 2.14. The van der Waals surface area contributed by atoms with Gasteiger partial charge in [-0.05, 0) is 46.3 Å².